The van der Waals surface area contributed by atoms with Gasteiger partial charge in [-0.1, -0.05) is 25.5 Å². The van der Waals surface area contributed by atoms with Gasteiger partial charge in [-0.2, -0.15) is 9.97 Å². The van der Waals surface area contributed by atoms with E-state index in [0.717, 1.165) is 24.6 Å². The van der Waals surface area contributed by atoms with Gasteiger partial charge in [0, 0.05) is 30.6 Å². The minimum absolute atomic E-state index is 0.0302. The molecule has 0 saturated heterocycles. The summed E-state index contributed by atoms with van der Waals surface area (Å²) >= 11 is 0. The molecule has 14 heteroatoms. The van der Waals surface area contributed by atoms with Crippen LogP contribution < -0.4 is 27.4 Å². The molecule has 45 heavy (non-hydrogen) atoms. The number of rotatable bonds is 13. The van der Waals surface area contributed by atoms with Gasteiger partial charge < -0.3 is 42.4 Å². The van der Waals surface area contributed by atoms with E-state index in [1.54, 1.807) is 42.6 Å². The number of aliphatic hydroxyl groups is 1. The maximum absolute atomic E-state index is 12.7. The zero-order valence-corrected chi connectivity index (χ0v) is 25.9. The lowest BCUT2D eigenvalue weighted by molar-refractivity contribution is -0.109. The Hall–Kier alpha value is -5.37. The molecule has 2 heterocycles. The Morgan fingerprint density at radius 1 is 0.978 bits per heavy atom. The normalized spacial score (nSPS) is 10.8. The van der Waals surface area contributed by atoms with Gasteiger partial charge in [0.2, 0.25) is 5.95 Å². The van der Waals surface area contributed by atoms with Gasteiger partial charge in [-0.05, 0) is 62.6 Å². The van der Waals surface area contributed by atoms with Crippen LogP contribution in [0.3, 0.4) is 0 Å². The van der Waals surface area contributed by atoms with Gasteiger partial charge in [0.1, 0.15) is 6.29 Å². The van der Waals surface area contributed by atoms with E-state index in [9.17, 15) is 19.5 Å². The van der Waals surface area contributed by atoms with Gasteiger partial charge in [0.25, 0.3) is 5.91 Å². The number of benzene rings is 2. The number of carbonyl (C=O) groups excluding carboxylic acids is 2. The molecule has 0 aliphatic carbocycles. The number of aromatic carboxylic acids is 1. The largest absolute Gasteiger partial charge is 0.478 e. The van der Waals surface area contributed by atoms with Crippen molar-refractivity contribution < 1.29 is 24.6 Å². The maximum atomic E-state index is 12.7. The zero-order chi connectivity index (χ0) is 33.4. The fourth-order valence-corrected chi connectivity index (χ4v) is 4.13. The highest BCUT2D eigenvalue weighted by molar-refractivity contribution is 5.96. The number of fused-ring (bicyclic) bond motifs is 1. The van der Waals surface area contributed by atoms with E-state index < -0.39 is 12.0 Å². The Morgan fingerprint density at radius 3 is 2.36 bits per heavy atom. The van der Waals surface area contributed by atoms with Crippen LogP contribution in [0.5, 0.6) is 0 Å². The summed E-state index contributed by atoms with van der Waals surface area (Å²) in [4.78, 5) is 52.2. The Kier molecular flexibility index (Phi) is 14.6. The third-order valence-corrected chi connectivity index (χ3v) is 6.27. The van der Waals surface area contributed by atoms with Crippen LogP contribution in [0.2, 0.25) is 0 Å². The first-order valence-electron chi connectivity index (χ1n) is 14.4. The Labute approximate surface area is 261 Å². The van der Waals surface area contributed by atoms with Crippen LogP contribution in [0.4, 0.5) is 23.1 Å². The summed E-state index contributed by atoms with van der Waals surface area (Å²) in [7, 11) is 1.00. The molecule has 0 spiro atoms. The third kappa shape index (κ3) is 10.7. The number of hydrogen-bond donors (Lipinski definition) is 7. The molecule has 14 nitrogen and oxygen atoms in total. The molecular weight excluding hydrogens is 578 g/mol. The number of unbranched alkanes of at least 4 members (excludes halogenated alkanes) is 1. The van der Waals surface area contributed by atoms with Crippen LogP contribution in [0.15, 0.2) is 48.7 Å². The second-order valence-electron chi connectivity index (χ2n) is 9.42. The van der Waals surface area contributed by atoms with Crippen LogP contribution in [0.25, 0.3) is 11.2 Å². The predicted octanol–water partition coefficient (Wildman–Crippen LogP) is 3.42. The highest BCUT2D eigenvalue weighted by Gasteiger charge is 2.14. The lowest BCUT2D eigenvalue weighted by atomic mass is 10.1. The molecule has 4 aromatic rings. The third-order valence-electron chi connectivity index (χ3n) is 6.27. The van der Waals surface area contributed by atoms with Gasteiger partial charge >= 0.3 is 5.97 Å². The van der Waals surface area contributed by atoms with E-state index in [0.29, 0.717) is 60.5 Å². The highest BCUT2D eigenvalue weighted by atomic mass is 16.4. The molecule has 0 fully saturated rings. The molecule has 0 bridgehead atoms. The van der Waals surface area contributed by atoms with Crippen LogP contribution in [-0.4, -0.2) is 68.0 Å². The van der Waals surface area contributed by atoms with Crippen molar-refractivity contribution in [2.45, 2.75) is 52.6 Å². The lowest BCUT2D eigenvalue weighted by Gasteiger charge is -2.14. The first-order valence-corrected chi connectivity index (χ1v) is 14.4. The Balaban J connectivity index is 0.00000169. The standard InChI is InChI=1S/C28H31N9O4.C2H6.CH4O/c1-16-5-10-22(21(12-16)27(40)41)31-11-3-2-4-19(15-38)35-26(39)17-6-8-18(9-7-17)32-13-20-14-33-25-23(34-20)24(29)36-28(30)37-25;2*1-2/h5-10,12,14-15,19,31-32H,2-4,11,13H2,1H3,(H,35,39)(H,40,41)(H4,29,30,33,36,37);1-2H3;2H,1H3. The van der Waals surface area contributed by atoms with E-state index in [4.69, 9.17) is 16.6 Å². The number of nitrogens with two attached hydrogens (primary N) is 2. The average molecular weight is 620 g/mol. The van der Waals surface area contributed by atoms with Crippen LogP contribution >= 0.6 is 0 Å². The molecule has 4 rings (SSSR count). The van der Waals surface area contributed by atoms with Gasteiger partial charge in [-0.15, -0.1) is 0 Å². The summed E-state index contributed by atoms with van der Waals surface area (Å²) < 4.78 is 0. The number of aliphatic hydroxyl groups excluding tert-OH is 1. The average Bonchev–Trinajstić information content (AvgIpc) is 3.05. The molecule has 0 saturated carbocycles. The molecule has 1 unspecified atom stereocenters. The number of nitrogens with zero attached hydrogens (tertiary/aromatic N) is 4. The smallest absolute Gasteiger partial charge is 0.337 e. The number of nitrogen functional groups attached to an aromatic ring is 2. The number of carboxylic acids is 1. The summed E-state index contributed by atoms with van der Waals surface area (Å²) in [5.74, 6) is -1.16. The van der Waals surface area contributed by atoms with Crippen molar-refractivity contribution in [3.63, 3.8) is 0 Å². The number of nitrogens with one attached hydrogen (secondary N) is 3. The minimum Gasteiger partial charge on any atom is -0.478 e. The topological polar surface area (TPSA) is 231 Å². The van der Waals surface area contributed by atoms with Crippen molar-refractivity contribution in [3.8, 4) is 0 Å². The number of carbonyl (C=O) groups is 3. The quantitative estimate of drug-likeness (QED) is 0.0841. The summed E-state index contributed by atoms with van der Waals surface area (Å²) in [6.45, 7) is 6.73. The predicted molar refractivity (Wildman–Crippen MR) is 175 cm³/mol. The fourth-order valence-electron chi connectivity index (χ4n) is 4.13. The fraction of sp³-hybridized carbons (Fsp3) is 0.323. The summed E-state index contributed by atoms with van der Waals surface area (Å²) in [6.07, 6.45) is 4.11. The van der Waals surface area contributed by atoms with Crippen LogP contribution in [-0.2, 0) is 11.3 Å². The van der Waals surface area contributed by atoms with Gasteiger partial charge in [-0.3, -0.25) is 4.79 Å². The van der Waals surface area contributed by atoms with Gasteiger partial charge in [0.15, 0.2) is 17.0 Å². The molecule has 0 radical (unpaired) electrons. The molecule has 1 amide bonds. The van der Waals surface area contributed by atoms with E-state index in [2.05, 4.69) is 35.9 Å². The van der Waals surface area contributed by atoms with E-state index in [1.807, 2.05) is 26.8 Å². The number of amides is 1. The summed E-state index contributed by atoms with van der Waals surface area (Å²) in [5, 5.41) is 25.5. The zero-order valence-electron chi connectivity index (χ0n) is 25.9. The number of anilines is 4. The Bertz CT molecular complexity index is 1570. The second kappa shape index (κ2) is 18.3. The van der Waals surface area contributed by atoms with Crippen molar-refractivity contribution in [2.75, 3.05) is 35.8 Å². The lowest BCUT2D eigenvalue weighted by Crippen LogP contribution is -2.36. The van der Waals surface area contributed by atoms with Crippen molar-refractivity contribution in [3.05, 3.63) is 71.0 Å². The van der Waals surface area contributed by atoms with Crippen molar-refractivity contribution in [1.29, 1.82) is 0 Å². The van der Waals surface area contributed by atoms with Gasteiger partial charge in [0.05, 0.1) is 30.0 Å². The van der Waals surface area contributed by atoms with Crippen LogP contribution in [0.1, 0.15) is 65.1 Å². The van der Waals surface area contributed by atoms with Crippen molar-refractivity contribution in [2.24, 2.45) is 0 Å². The number of aldehydes is 1. The number of hydrogen-bond acceptors (Lipinski definition) is 12. The first kappa shape index (κ1) is 35.8. The minimum atomic E-state index is -0.990. The highest BCUT2D eigenvalue weighted by Crippen LogP contribution is 2.18. The number of carboxylic acid groups (broad SMARTS) is 1. The number of aromatic nitrogens is 4. The monoisotopic (exact) mass is 619 g/mol. The summed E-state index contributed by atoms with van der Waals surface area (Å²) in [6, 6.07) is 11.4. The van der Waals surface area contributed by atoms with Crippen molar-refractivity contribution in [1.82, 2.24) is 25.3 Å². The van der Waals surface area contributed by atoms with E-state index >= 15 is 0 Å². The second-order valence-corrected chi connectivity index (χ2v) is 9.42. The molecule has 2 aromatic heterocycles. The van der Waals surface area contributed by atoms with E-state index in [1.165, 1.54) is 0 Å². The Morgan fingerprint density at radius 2 is 1.69 bits per heavy atom. The molecular formula is C31H41N9O5. The number of aryl methyl sites for hydroxylation is 1. The molecule has 0 aliphatic heterocycles. The van der Waals surface area contributed by atoms with Gasteiger partial charge in [-0.25, -0.2) is 14.8 Å². The molecule has 0 aliphatic rings. The molecule has 240 valence electrons. The summed E-state index contributed by atoms with van der Waals surface area (Å²) in [5.41, 5.74) is 15.6. The first-order chi connectivity index (χ1) is 21.7. The van der Waals surface area contributed by atoms with E-state index in [-0.39, 0.29) is 23.2 Å². The van der Waals surface area contributed by atoms with Crippen molar-refractivity contribution >= 4 is 52.5 Å². The molecule has 1 atom stereocenters. The maximum Gasteiger partial charge on any atom is 0.337 e. The van der Waals surface area contributed by atoms with Crippen LogP contribution in [0, 0.1) is 6.92 Å². The molecule has 2 aromatic carbocycles. The SMILES string of the molecule is CC.CO.Cc1ccc(NCCCCC(C=O)NC(=O)c2ccc(NCc3cnc4nc(N)nc(N)c4n3)cc2)c(C(=O)O)c1. The molecule has 9 N–H and O–H groups in total.